The first-order chi connectivity index (χ1) is 14.1. The van der Waals surface area contributed by atoms with E-state index < -0.39 is 0 Å². The summed E-state index contributed by atoms with van der Waals surface area (Å²) in [4.78, 5) is 18.1. The molecular formula is C24H24N2O2S. The lowest BCUT2D eigenvalue weighted by molar-refractivity contribution is -0.120. The maximum Gasteiger partial charge on any atom is 0.224 e. The molecule has 1 amide bonds. The Labute approximate surface area is 175 Å². The van der Waals surface area contributed by atoms with Crippen LogP contribution in [0, 0.1) is 6.92 Å². The fourth-order valence-corrected chi connectivity index (χ4v) is 3.91. The Bertz CT molecular complexity index is 1000. The predicted octanol–water partition coefficient (Wildman–Crippen LogP) is 4.44. The maximum atomic E-state index is 12.3. The van der Waals surface area contributed by atoms with Crippen molar-refractivity contribution in [2.24, 2.45) is 0 Å². The van der Waals surface area contributed by atoms with Gasteiger partial charge in [-0.15, -0.1) is 11.8 Å². The lowest BCUT2D eigenvalue weighted by Crippen LogP contribution is -2.35. The average Bonchev–Trinajstić information content (AvgIpc) is 3.17. The predicted molar refractivity (Wildman–Crippen MR) is 117 cm³/mol. The fourth-order valence-electron chi connectivity index (χ4n) is 3.50. The second-order valence-corrected chi connectivity index (χ2v) is 8.17. The number of hydrogen-bond donors (Lipinski definition) is 1. The van der Waals surface area contributed by atoms with Crippen LogP contribution in [-0.4, -0.2) is 29.8 Å². The molecule has 29 heavy (non-hydrogen) atoms. The van der Waals surface area contributed by atoms with Gasteiger partial charge >= 0.3 is 0 Å². The van der Waals surface area contributed by atoms with E-state index in [1.807, 2.05) is 61.8 Å². The van der Waals surface area contributed by atoms with Crippen LogP contribution < -0.4 is 10.1 Å². The number of hydrogen-bond acceptors (Lipinski definition) is 4. The van der Waals surface area contributed by atoms with Crippen LogP contribution in [0.2, 0.25) is 0 Å². The number of nitrogens with zero attached hydrogens (tertiary/aromatic N) is 1. The first kappa shape index (κ1) is 19.5. The molecule has 1 unspecified atom stereocenters. The monoisotopic (exact) mass is 404 g/mol. The molecule has 4 rings (SSSR count). The first-order valence-corrected chi connectivity index (χ1v) is 11.0. The van der Waals surface area contributed by atoms with E-state index in [-0.39, 0.29) is 12.0 Å². The zero-order chi connectivity index (χ0) is 20.2. The van der Waals surface area contributed by atoms with Gasteiger partial charge in [0.1, 0.15) is 11.9 Å². The molecule has 0 saturated heterocycles. The Balaban J connectivity index is 1.36. The van der Waals surface area contributed by atoms with Crippen molar-refractivity contribution in [1.29, 1.82) is 0 Å². The highest BCUT2D eigenvalue weighted by atomic mass is 32.2. The third-order valence-electron chi connectivity index (χ3n) is 5.07. The molecule has 1 aliphatic heterocycles. The number of pyridine rings is 1. The molecular weight excluding hydrogens is 380 g/mol. The van der Waals surface area contributed by atoms with Crippen molar-refractivity contribution in [3.8, 4) is 17.0 Å². The number of para-hydroxylation sites is 1. The van der Waals surface area contributed by atoms with Crippen molar-refractivity contribution in [3.05, 3.63) is 77.5 Å². The van der Waals surface area contributed by atoms with E-state index >= 15 is 0 Å². The highest BCUT2D eigenvalue weighted by Crippen LogP contribution is 2.37. The summed E-state index contributed by atoms with van der Waals surface area (Å²) < 4.78 is 6.20. The van der Waals surface area contributed by atoms with E-state index in [9.17, 15) is 4.79 Å². The van der Waals surface area contributed by atoms with Gasteiger partial charge in [-0.2, -0.15) is 0 Å². The van der Waals surface area contributed by atoms with E-state index in [1.165, 1.54) is 4.90 Å². The Morgan fingerprint density at radius 3 is 2.72 bits per heavy atom. The fraction of sp³-hybridized carbons (Fsp3) is 0.250. The van der Waals surface area contributed by atoms with Gasteiger partial charge in [-0.3, -0.25) is 9.78 Å². The number of aryl methyl sites for hydroxylation is 1. The number of fused-ring (bicyclic) bond motifs is 1. The van der Waals surface area contributed by atoms with E-state index in [0.717, 1.165) is 40.1 Å². The number of aromatic nitrogens is 1. The van der Waals surface area contributed by atoms with Gasteiger partial charge in [0.25, 0.3) is 0 Å². The Morgan fingerprint density at radius 2 is 2.00 bits per heavy atom. The molecule has 4 nitrogen and oxygen atoms in total. The highest BCUT2D eigenvalue weighted by Gasteiger charge is 2.26. The summed E-state index contributed by atoms with van der Waals surface area (Å²) in [7, 11) is 0. The van der Waals surface area contributed by atoms with Crippen LogP contribution in [-0.2, 0) is 17.6 Å². The van der Waals surface area contributed by atoms with Crippen LogP contribution in [0.1, 0.15) is 16.7 Å². The minimum absolute atomic E-state index is 0.0156. The van der Waals surface area contributed by atoms with Crippen molar-refractivity contribution in [2.45, 2.75) is 30.8 Å². The quantitative estimate of drug-likeness (QED) is 0.617. The molecule has 5 heteroatoms. The number of ether oxygens (including phenoxy) is 1. The molecule has 0 saturated carbocycles. The zero-order valence-corrected chi connectivity index (χ0v) is 17.5. The van der Waals surface area contributed by atoms with Crippen LogP contribution in [0.25, 0.3) is 11.3 Å². The Kier molecular flexibility index (Phi) is 5.86. The number of carbonyl (C=O) groups excluding carboxylic acids is 1. The highest BCUT2D eigenvalue weighted by molar-refractivity contribution is 7.98. The van der Waals surface area contributed by atoms with Crippen LogP contribution in [0.15, 0.2) is 65.7 Å². The first-order valence-electron chi connectivity index (χ1n) is 9.73. The van der Waals surface area contributed by atoms with Gasteiger partial charge in [-0.05, 0) is 54.1 Å². The van der Waals surface area contributed by atoms with Crippen molar-refractivity contribution in [1.82, 2.24) is 10.3 Å². The van der Waals surface area contributed by atoms with Gasteiger partial charge < -0.3 is 10.1 Å². The standard InChI is InChI=1S/C24H24N2O2S/c1-16-6-11-22(25-14-16)21-5-3-4-18-13-19(28-24(18)21)15-26-23(27)12-17-7-9-20(29-2)10-8-17/h3-11,14,19H,12-13,15H2,1-2H3,(H,26,27). The largest absolute Gasteiger partial charge is 0.487 e. The van der Waals surface area contributed by atoms with Gasteiger partial charge in [0, 0.05) is 23.1 Å². The number of rotatable bonds is 6. The number of carbonyl (C=O) groups is 1. The number of nitrogens with one attached hydrogen (secondary N) is 1. The topological polar surface area (TPSA) is 51.2 Å². The number of amides is 1. The third-order valence-corrected chi connectivity index (χ3v) is 5.81. The van der Waals surface area contributed by atoms with Gasteiger partial charge in [-0.25, -0.2) is 0 Å². The molecule has 1 atom stereocenters. The van der Waals surface area contributed by atoms with E-state index in [2.05, 4.69) is 22.4 Å². The average molecular weight is 405 g/mol. The molecule has 1 N–H and O–H groups in total. The van der Waals surface area contributed by atoms with Gasteiger partial charge in [0.2, 0.25) is 5.91 Å². The number of thioether (sulfide) groups is 1. The molecule has 2 heterocycles. The molecule has 0 spiro atoms. The van der Waals surface area contributed by atoms with Gasteiger partial charge in [0.15, 0.2) is 0 Å². The van der Waals surface area contributed by atoms with Crippen molar-refractivity contribution < 1.29 is 9.53 Å². The van der Waals surface area contributed by atoms with Crippen LogP contribution in [0.3, 0.4) is 0 Å². The van der Waals surface area contributed by atoms with Crippen molar-refractivity contribution in [3.63, 3.8) is 0 Å². The molecule has 148 valence electrons. The maximum absolute atomic E-state index is 12.3. The molecule has 1 aliphatic rings. The summed E-state index contributed by atoms with van der Waals surface area (Å²) in [6.45, 7) is 2.52. The van der Waals surface area contributed by atoms with E-state index in [0.29, 0.717) is 13.0 Å². The van der Waals surface area contributed by atoms with E-state index in [4.69, 9.17) is 4.74 Å². The van der Waals surface area contributed by atoms with E-state index in [1.54, 1.807) is 11.8 Å². The second kappa shape index (κ2) is 8.70. The van der Waals surface area contributed by atoms with Crippen LogP contribution >= 0.6 is 11.8 Å². The van der Waals surface area contributed by atoms with Crippen LogP contribution in [0.5, 0.6) is 5.75 Å². The molecule has 0 aliphatic carbocycles. The summed E-state index contributed by atoms with van der Waals surface area (Å²) in [6.07, 6.45) is 5.03. The normalized spacial score (nSPS) is 14.9. The molecule has 3 aromatic rings. The summed E-state index contributed by atoms with van der Waals surface area (Å²) in [6, 6.07) is 18.3. The molecule has 2 aromatic carbocycles. The third kappa shape index (κ3) is 4.62. The lowest BCUT2D eigenvalue weighted by Gasteiger charge is -2.13. The zero-order valence-electron chi connectivity index (χ0n) is 16.6. The number of benzene rings is 2. The van der Waals surface area contributed by atoms with Crippen molar-refractivity contribution in [2.75, 3.05) is 12.8 Å². The summed E-state index contributed by atoms with van der Waals surface area (Å²) in [5.41, 5.74) is 5.22. The van der Waals surface area contributed by atoms with Crippen molar-refractivity contribution >= 4 is 17.7 Å². The summed E-state index contributed by atoms with van der Waals surface area (Å²) in [5.74, 6) is 0.901. The lowest BCUT2D eigenvalue weighted by atomic mass is 10.0. The SMILES string of the molecule is CSc1ccc(CC(=O)NCC2Cc3cccc(-c4ccc(C)cn4)c3O2)cc1. The second-order valence-electron chi connectivity index (χ2n) is 7.29. The molecule has 1 aromatic heterocycles. The van der Waals surface area contributed by atoms with Crippen LogP contribution in [0.4, 0.5) is 0 Å². The van der Waals surface area contributed by atoms with Gasteiger partial charge in [0.05, 0.1) is 18.7 Å². The molecule has 0 radical (unpaired) electrons. The molecule has 0 bridgehead atoms. The Morgan fingerprint density at radius 1 is 1.17 bits per heavy atom. The molecule has 0 fully saturated rings. The summed E-state index contributed by atoms with van der Waals surface area (Å²) >= 11 is 1.70. The van der Waals surface area contributed by atoms with Gasteiger partial charge in [-0.1, -0.05) is 30.3 Å². The Hall–Kier alpha value is -2.79. The summed E-state index contributed by atoms with van der Waals surface area (Å²) in [5, 5.41) is 3.02. The minimum atomic E-state index is -0.0561. The minimum Gasteiger partial charge on any atom is -0.487 e. The smallest absolute Gasteiger partial charge is 0.224 e.